The molecule has 2 rings (SSSR count). The molecule has 1 N–H and O–H groups in total. The highest BCUT2D eigenvalue weighted by molar-refractivity contribution is 5.84. The summed E-state index contributed by atoms with van der Waals surface area (Å²) in [5.74, 6) is -0.709. The van der Waals surface area contributed by atoms with Crippen LogP contribution < -0.4 is 5.32 Å². The molecule has 1 unspecified atom stereocenters. The molecule has 1 atom stereocenters. The Bertz CT molecular complexity index is 695. The zero-order chi connectivity index (χ0) is 18.2. The molecule has 134 valence electrons. The maximum atomic E-state index is 14.0. The highest BCUT2D eigenvalue weighted by Gasteiger charge is 2.18. The van der Waals surface area contributed by atoms with Crippen molar-refractivity contribution in [2.45, 2.75) is 52.2 Å². The van der Waals surface area contributed by atoms with Gasteiger partial charge in [0, 0.05) is 12.1 Å². The minimum absolute atomic E-state index is 0.104. The molecule has 2 bridgehead atoms. The van der Waals surface area contributed by atoms with Crippen molar-refractivity contribution in [3.8, 4) is 0 Å². The molecule has 1 aromatic heterocycles. The van der Waals surface area contributed by atoms with Crippen LogP contribution in [-0.4, -0.2) is 17.1 Å². The second-order valence-corrected chi connectivity index (χ2v) is 6.02. The monoisotopic (exact) mass is 344 g/mol. The molecule has 25 heavy (non-hydrogen) atoms. The number of halogens is 1. The Hall–Kier alpha value is -2.43. The molecule has 0 fully saturated rings. The molecule has 5 heteroatoms. The summed E-state index contributed by atoms with van der Waals surface area (Å²) in [5.41, 5.74) is 2.30. The van der Waals surface area contributed by atoms with Gasteiger partial charge >= 0.3 is 5.97 Å². The van der Waals surface area contributed by atoms with Gasteiger partial charge in [0.15, 0.2) is 0 Å². The topological polar surface area (TPSA) is 51.2 Å². The van der Waals surface area contributed by atoms with Gasteiger partial charge in [-0.25, -0.2) is 9.37 Å². The summed E-state index contributed by atoms with van der Waals surface area (Å²) in [6.07, 6.45) is 7.83. The van der Waals surface area contributed by atoms with Gasteiger partial charge in [-0.3, -0.25) is 4.79 Å². The van der Waals surface area contributed by atoms with Crippen molar-refractivity contribution >= 4 is 11.5 Å². The number of nitrogens with one attached hydrogen (secondary N) is 1. The Morgan fingerprint density at radius 3 is 3.00 bits per heavy atom. The quantitative estimate of drug-likeness (QED) is 0.656. The molecule has 0 aromatic carbocycles. The molecule has 0 radical (unpaired) electrons. The van der Waals surface area contributed by atoms with Crippen LogP contribution in [0.1, 0.15) is 50.9 Å². The van der Waals surface area contributed by atoms with Crippen LogP contribution in [0.3, 0.4) is 0 Å². The predicted molar refractivity (Wildman–Crippen MR) is 97.0 cm³/mol. The molecule has 4 nitrogen and oxygen atoms in total. The molecule has 0 saturated carbocycles. The molecule has 1 aliphatic heterocycles. The summed E-state index contributed by atoms with van der Waals surface area (Å²) in [6.45, 7) is 8.11. The van der Waals surface area contributed by atoms with E-state index in [4.69, 9.17) is 4.74 Å². The summed E-state index contributed by atoms with van der Waals surface area (Å²) < 4.78 is 19.6. The van der Waals surface area contributed by atoms with Crippen LogP contribution in [0.5, 0.6) is 0 Å². The lowest BCUT2D eigenvalue weighted by Gasteiger charge is -2.19. The van der Waals surface area contributed by atoms with Gasteiger partial charge in [0.1, 0.15) is 11.9 Å². The number of pyridine rings is 1. The van der Waals surface area contributed by atoms with Crippen LogP contribution in [0.4, 0.5) is 4.39 Å². The first-order chi connectivity index (χ1) is 12.0. The maximum absolute atomic E-state index is 14.0. The standard InChI is InChI=1S/C20H25FN2O2/c1-4-6-7-8-16-11-14(3)22-13-19-17(21)9-10-18(23-19)15(5-2)12-20(24)25-16/h5,7-10,16,22H,3-4,6,11-13H2,1-2H3/b8-7+,15-5-. The Labute approximate surface area is 148 Å². The van der Waals surface area contributed by atoms with Gasteiger partial charge in [-0.1, -0.05) is 32.1 Å². The van der Waals surface area contributed by atoms with E-state index >= 15 is 0 Å². The fourth-order valence-corrected chi connectivity index (χ4v) is 2.58. The van der Waals surface area contributed by atoms with Crippen molar-refractivity contribution in [2.24, 2.45) is 0 Å². The normalized spacial score (nSPS) is 20.8. The summed E-state index contributed by atoms with van der Waals surface area (Å²) in [4.78, 5) is 16.7. The lowest BCUT2D eigenvalue weighted by molar-refractivity contribution is -0.145. The third kappa shape index (κ3) is 5.55. The van der Waals surface area contributed by atoms with Crippen molar-refractivity contribution in [3.63, 3.8) is 0 Å². The van der Waals surface area contributed by atoms with Crippen molar-refractivity contribution in [1.82, 2.24) is 10.3 Å². The zero-order valence-electron chi connectivity index (χ0n) is 14.8. The number of ether oxygens (including phenoxy) is 1. The van der Waals surface area contributed by atoms with Crippen LogP contribution in [0.2, 0.25) is 0 Å². The molecule has 1 aromatic rings. The van der Waals surface area contributed by atoms with E-state index in [2.05, 4.69) is 23.8 Å². The third-order valence-corrected chi connectivity index (χ3v) is 3.97. The van der Waals surface area contributed by atoms with Crippen LogP contribution in [0.15, 0.2) is 42.6 Å². The number of esters is 1. The summed E-state index contributed by atoms with van der Waals surface area (Å²) in [7, 11) is 0. The number of aromatic nitrogens is 1. The Balaban J connectivity index is 2.29. The number of unbranched alkanes of at least 4 members (excludes halogenated alkanes) is 1. The van der Waals surface area contributed by atoms with E-state index in [1.165, 1.54) is 6.07 Å². The number of hydrogen-bond acceptors (Lipinski definition) is 4. The average molecular weight is 344 g/mol. The first-order valence-electron chi connectivity index (χ1n) is 8.62. The molecular weight excluding hydrogens is 319 g/mol. The highest BCUT2D eigenvalue weighted by Crippen LogP contribution is 2.21. The first kappa shape index (κ1) is 18.9. The summed E-state index contributed by atoms with van der Waals surface area (Å²) >= 11 is 0. The Morgan fingerprint density at radius 1 is 1.48 bits per heavy atom. The van der Waals surface area contributed by atoms with Crippen LogP contribution >= 0.6 is 0 Å². The maximum Gasteiger partial charge on any atom is 0.310 e. The van der Waals surface area contributed by atoms with E-state index in [-0.39, 0.29) is 30.9 Å². The number of carbonyl (C=O) groups excluding carboxylic acids is 1. The van der Waals surface area contributed by atoms with Crippen molar-refractivity contribution in [3.05, 3.63) is 59.8 Å². The molecule has 0 spiro atoms. The van der Waals surface area contributed by atoms with Crippen molar-refractivity contribution in [2.75, 3.05) is 0 Å². The van der Waals surface area contributed by atoms with Crippen LogP contribution in [0.25, 0.3) is 5.57 Å². The van der Waals surface area contributed by atoms with E-state index in [1.807, 2.05) is 25.2 Å². The number of cyclic esters (lactones) is 1. The SMILES string of the molecule is C=C1CC(/C=C/CCC)OC(=O)C/C(=C/C)c2ccc(F)c(n2)CN1. The van der Waals surface area contributed by atoms with E-state index < -0.39 is 0 Å². The largest absolute Gasteiger partial charge is 0.457 e. The number of hydrogen-bond donors (Lipinski definition) is 1. The minimum Gasteiger partial charge on any atom is -0.457 e. The molecule has 1 aliphatic rings. The smallest absolute Gasteiger partial charge is 0.310 e. The van der Waals surface area contributed by atoms with Gasteiger partial charge < -0.3 is 10.1 Å². The second kappa shape index (κ2) is 9.16. The predicted octanol–water partition coefficient (Wildman–Crippen LogP) is 4.29. The fraction of sp³-hybridized carbons (Fsp3) is 0.400. The van der Waals surface area contributed by atoms with Gasteiger partial charge in [0.2, 0.25) is 0 Å². The minimum atomic E-state index is -0.382. The zero-order valence-corrected chi connectivity index (χ0v) is 14.8. The van der Waals surface area contributed by atoms with Gasteiger partial charge in [-0.2, -0.15) is 0 Å². The molecule has 0 aliphatic carbocycles. The third-order valence-electron chi connectivity index (χ3n) is 3.97. The lowest BCUT2D eigenvalue weighted by Crippen LogP contribution is -2.23. The highest BCUT2D eigenvalue weighted by atomic mass is 19.1. The van der Waals surface area contributed by atoms with E-state index in [0.29, 0.717) is 23.5 Å². The van der Waals surface area contributed by atoms with Crippen LogP contribution in [-0.2, 0) is 16.1 Å². The van der Waals surface area contributed by atoms with Crippen LogP contribution in [0, 0.1) is 5.82 Å². The average Bonchev–Trinajstić information content (AvgIpc) is 2.58. The molecule has 0 saturated heterocycles. The molecule has 2 heterocycles. The van der Waals surface area contributed by atoms with E-state index in [1.54, 1.807) is 6.07 Å². The lowest BCUT2D eigenvalue weighted by atomic mass is 10.1. The van der Waals surface area contributed by atoms with Gasteiger partial charge in [0.05, 0.1) is 24.4 Å². The second-order valence-electron chi connectivity index (χ2n) is 6.02. The number of nitrogens with zero attached hydrogens (tertiary/aromatic N) is 1. The number of rotatable bonds is 3. The van der Waals surface area contributed by atoms with Gasteiger partial charge in [-0.15, -0.1) is 0 Å². The first-order valence-corrected chi connectivity index (χ1v) is 8.62. The summed E-state index contributed by atoms with van der Waals surface area (Å²) in [6, 6.07) is 2.96. The van der Waals surface area contributed by atoms with E-state index in [0.717, 1.165) is 18.4 Å². The van der Waals surface area contributed by atoms with Crippen molar-refractivity contribution < 1.29 is 13.9 Å². The molecular formula is C20H25FN2O2. The van der Waals surface area contributed by atoms with Crippen molar-refractivity contribution in [1.29, 1.82) is 0 Å². The van der Waals surface area contributed by atoms with E-state index in [9.17, 15) is 9.18 Å². The number of carbonyl (C=O) groups is 1. The Kier molecular flexibility index (Phi) is 6.92. The van der Waals surface area contributed by atoms with Gasteiger partial charge in [0.25, 0.3) is 0 Å². The Morgan fingerprint density at radius 2 is 2.28 bits per heavy atom. The molecule has 0 amide bonds. The number of fused-ring (bicyclic) bond motifs is 2. The van der Waals surface area contributed by atoms with Gasteiger partial charge in [-0.05, 0) is 37.1 Å². The number of allylic oxidation sites excluding steroid dienone is 2. The fourth-order valence-electron chi connectivity index (χ4n) is 2.58. The summed E-state index contributed by atoms with van der Waals surface area (Å²) in [5, 5.41) is 3.08.